The van der Waals surface area contributed by atoms with E-state index in [0.29, 0.717) is 18.1 Å². The van der Waals surface area contributed by atoms with Crippen molar-refractivity contribution in [3.63, 3.8) is 0 Å². The SMILES string of the molecule is Cc1noc(C)c1CNCC1CCS(=O)(=O)C1. The monoisotopic (exact) mass is 258 g/mol. The van der Waals surface area contributed by atoms with E-state index >= 15 is 0 Å². The Morgan fingerprint density at radius 2 is 2.24 bits per heavy atom. The van der Waals surface area contributed by atoms with Crippen LogP contribution in [0.15, 0.2) is 4.52 Å². The van der Waals surface area contributed by atoms with Crippen LogP contribution in [0.25, 0.3) is 0 Å². The predicted octanol–water partition coefficient (Wildman–Crippen LogP) is 0.816. The third-order valence-corrected chi connectivity index (χ3v) is 5.08. The van der Waals surface area contributed by atoms with Crippen molar-refractivity contribution in [2.75, 3.05) is 18.1 Å². The molecule has 1 aromatic rings. The Bertz CT molecular complexity index is 473. The summed E-state index contributed by atoms with van der Waals surface area (Å²) in [4.78, 5) is 0. The first-order valence-electron chi connectivity index (χ1n) is 5.81. The molecule has 2 rings (SSSR count). The lowest BCUT2D eigenvalue weighted by Gasteiger charge is -2.08. The van der Waals surface area contributed by atoms with Crippen molar-refractivity contribution in [1.29, 1.82) is 0 Å². The minimum Gasteiger partial charge on any atom is -0.361 e. The molecule has 1 N–H and O–H groups in total. The van der Waals surface area contributed by atoms with Gasteiger partial charge in [0.15, 0.2) is 9.84 Å². The zero-order valence-corrected chi connectivity index (χ0v) is 11.0. The molecule has 0 radical (unpaired) electrons. The number of sulfone groups is 1. The first-order chi connectivity index (χ1) is 7.98. The number of aryl methyl sites for hydroxylation is 2. The smallest absolute Gasteiger partial charge is 0.150 e. The number of hydrogen-bond donors (Lipinski definition) is 1. The predicted molar refractivity (Wildman–Crippen MR) is 64.4 cm³/mol. The Morgan fingerprint density at radius 3 is 2.76 bits per heavy atom. The summed E-state index contributed by atoms with van der Waals surface area (Å²) >= 11 is 0. The number of nitrogens with one attached hydrogen (secondary N) is 1. The first-order valence-corrected chi connectivity index (χ1v) is 7.63. The van der Waals surface area contributed by atoms with Crippen LogP contribution in [0, 0.1) is 19.8 Å². The maximum Gasteiger partial charge on any atom is 0.150 e. The van der Waals surface area contributed by atoms with Crippen LogP contribution in [-0.4, -0.2) is 31.6 Å². The Labute approximate surface area is 101 Å². The second kappa shape index (κ2) is 4.78. The minimum atomic E-state index is -2.77. The van der Waals surface area contributed by atoms with Crippen LogP contribution in [0.1, 0.15) is 23.4 Å². The molecular weight excluding hydrogens is 240 g/mol. The van der Waals surface area contributed by atoms with Gasteiger partial charge in [0.25, 0.3) is 0 Å². The van der Waals surface area contributed by atoms with Crippen LogP contribution in [-0.2, 0) is 16.4 Å². The highest BCUT2D eigenvalue weighted by atomic mass is 32.2. The highest BCUT2D eigenvalue weighted by Gasteiger charge is 2.27. The van der Waals surface area contributed by atoms with Crippen molar-refractivity contribution in [2.45, 2.75) is 26.8 Å². The molecule has 1 aromatic heterocycles. The Hall–Kier alpha value is -0.880. The van der Waals surface area contributed by atoms with Crippen molar-refractivity contribution >= 4 is 9.84 Å². The van der Waals surface area contributed by atoms with E-state index < -0.39 is 9.84 Å². The largest absolute Gasteiger partial charge is 0.361 e. The van der Waals surface area contributed by atoms with Gasteiger partial charge in [0.1, 0.15) is 5.76 Å². The van der Waals surface area contributed by atoms with Crippen molar-refractivity contribution in [3.8, 4) is 0 Å². The van der Waals surface area contributed by atoms with Gasteiger partial charge < -0.3 is 9.84 Å². The summed E-state index contributed by atoms with van der Waals surface area (Å²) in [6, 6.07) is 0. The fourth-order valence-corrected chi connectivity index (χ4v) is 4.05. The van der Waals surface area contributed by atoms with E-state index in [1.807, 2.05) is 13.8 Å². The fraction of sp³-hybridized carbons (Fsp3) is 0.727. The van der Waals surface area contributed by atoms with Gasteiger partial charge in [-0.2, -0.15) is 0 Å². The van der Waals surface area contributed by atoms with E-state index in [0.717, 1.165) is 30.0 Å². The molecule has 6 heteroatoms. The van der Waals surface area contributed by atoms with Crippen molar-refractivity contribution < 1.29 is 12.9 Å². The molecule has 0 bridgehead atoms. The quantitative estimate of drug-likeness (QED) is 0.865. The van der Waals surface area contributed by atoms with Gasteiger partial charge >= 0.3 is 0 Å². The molecule has 1 fully saturated rings. The summed E-state index contributed by atoms with van der Waals surface area (Å²) in [7, 11) is -2.77. The molecular formula is C11H18N2O3S. The van der Waals surface area contributed by atoms with Crippen molar-refractivity contribution in [1.82, 2.24) is 10.5 Å². The van der Waals surface area contributed by atoms with Gasteiger partial charge in [0, 0.05) is 12.1 Å². The Morgan fingerprint density at radius 1 is 1.47 bits per heavy atom. The van der Waals surface area contributed by atoms with E-state index in [1.54, 1.807) is 0 Å². The lowest BCUT2D eigenvalue weighted by molar-refractivity contribution is 0.391. The van der Waals surface area contributed by atoms with E-state index in [2.05, 4.69) is 10.5 Å². The summed E-state index contributed by atoms with van der Waals surface area (Å²) in [6.45, 7) is 5.23. The number of rotatable bonds is 4. The second-order valence-electron chi connectivity index (χ2n) is 4.70. The maximum absolute atomic E-state index is 11.3. The minimum absolute atomic E-state index is 0.250. The number of aromatic nitrogens is 1. The topological polar surface area (TPSA) is 72.2 Å². The summed E-state index contributed by atoms with van der Waals surface area (Å²) < 4.78 is 27.6. The lowest BCUT2D eigenvalue weighted by Crippen LogP contribution is -2.23. The molecule has 0 aliphatic carbocycles. The molecule has 0 saturated carbocycles. The molecule has 2 heterocycles. The molecule has 1 aliphatic heterocycles. The van der Waals surface area contributed by atoms with Crippen molar-refractivity contribution in [2.24, 2.45) is 5.92 Å². The fourth-order valence-electron chi connectivity index (χ4n) is 2.19. The number of hydrogen-bond acceptors (Lipinski definition) is 5. The average molecular weight is 258 g/mol. The van der Waals surface area contributed by atoms with Crippen LogP contribution >= 0.6 is 0 Å². The van der Waals surface area contributed by atoms with E-state index in [-0.39, 0.29) is 5.92 Å². The molecule has 1 saturated heterocycles. The van der Waals surface area contributed by atoms with Crippen molar-refractivity contribution in [3.05, 3.63) is 17.0 Å². The molecule has 1 atom stereocenters. The van der Waals surface area contributed by atoms with Crippen LogP contribution in [0.2, 0.25) is 0 Å². The molecule has 1 unspecified atom stereocenters. The first kappa shape index (κ1) is 12.6. The van der Waals surface area contributed by atoms with Crippen LogP contribution in [0.4, 0.5) is 0 Å². The van der Waals surface area contributed by atoms with Gasteiger partial charge in [-0.15, -0.1) is 0 Å². The average Bonchev–Trinajstić information content (AvgIpc) is 2.74. The molecule has 0 aromatic carbocycles. The van der Waals surface area contributed by atoms with Crippen LogP contribution in [0.5, 0.6) is 0 Å². The molecule has 17 heavy (non-hydrogen) atoms. The molecule has 1 aliphatic rings. The standard InChI is InChI=1S/C11H18N2O3S/c1-8-11(9(2)16-13-8)6-12-5-10-3-4-17(14,15)7-10/h10,12H,3-7H2,1-2H3. The third-order valence-electron chi connectivity index (χ3n) is 3.24. The molecule has 0 spiro atoms. The maximum atomic E-state index is 11.3. The van der Waals surface area contributed by atoms with Gasteiger partial charge in [-0.25, -0.2) is 8.42 Å². The van der Waals surface area contributed by atoms with Crippen LogP contribution < -0.4 is 5.32 Å². The zero-order chi connectivity index (χ0) is 12.5. The number of nitrogens with zero attached hydrogens (tertiary/aromatic N) is 1. The van der Waals surface area contributed by atoms with Gasteiger partial charge in [0.2, 0.25) is 0 Å². The van der Waals surface area contributed by atoms with E-state index in [1.165, 1.54) is 0 Å². The van der Waals surface area contributed by atoms with Crippen LogP contribution in [0.3, 0.4) is 0 Å². The van der Waals surface area contributed by atoms with Gasteiger partial charge in [-0.05, 0) is 32.7 Å². The van der Waals surface area contributed by atoms with Gasteiger partial charge in [-0.1, -0.05) is 5.16 Å². The molecule has 0 amide bonds. The highest BCUT2D eigenvalue weighted by molar-refractivity contribution is 7.91. The molecule has 5 nitrogen and oxygen atoms in total. The lowest BCUT2D eigenvalue weighted by atomic mass is 10.1. The second-order valence-corrected chi connectivity index (χ2v) is 6.93. The summed E-state index contributed by atoms with van der Waals surface area (Å²) in [5.41, 5.74) is 1.97. The Kier molecular flexibility index (Phi) is 3.53. The normalized spacial score (nSPS) is 23.1. The van der Waals surface area contributed by atoms with E-state index in [4.69, 9.17) is 4.52 Å². The highest BCUT2D eigenvalue weighted by Crippen LogP contribution is 2.18. The van der Waals surface area contributed by atoms with E-state index in [9.17, 15) is 8.42 Å². The zero-order valence-electron chi connectivity index (χ0n) is 10.2. The summed E-state index contributed by atoms with van der Waals surface area (Å²) in [5, 5.41) is 7.16. The summed E-state index contributed by atoms with van der Waals surface area (Å²) in [5.74, 6) is 1.74. The van der Waals surface area contributed by atoms with Gasteiger partial charge in [0.05, 0.1) is 17.2 Å². The summed E-state index contributed by atoms with van der Waals surface area (Å²) in [6.07, 6.45) is 0.775. The third kappa shape index (κ3) is 3.07. The Balaban J connectivity index is 1.81. The van der Waals surface area contributed by atoms with Gasteiger partial charge in [-0.3, -0.25) is 0 Å². The molecule has 96 valence electrons.